The third kappa shape index (κ3) is 4.61. The van der Waals surface area contributed by atoms with Crippen molar-refractivity contribution in [1.29, 1.82) is 0 Å². The van der Waals surface area contributed by atoms with Crippen molar-refractivity contribution in [2.45, 2.75) is 38.6 Å². The van der Waals surface area contributed by atoms with Crippen molar-refractivity contribution in [1.82, 2.24) is 4.98 Å². The number of aliphatic carboxylic acids is 1. The van der Waals surface area contributed by atoms with E-state index in [-0.39, 0.29) is 18.2 Å². The maximum absolute atomic E-state index is 14.0. The predicted octanol–water partition coefficient (Wildman–Crippen LogP) is 6.44. The molecule has 0 bridgehead atoms. The average molecular weight is 483 g/mol. The predicted molar refractivity (Wildman–Crippen MR) is 130 cm³/mol. The molecule has 33 heavy (non-hydrogen) atoms. The third-order valence-corrected chi connectivity index (χ3v) is 6.79. The summed E-state index contributed by atoms with van der Waals surface area (Å²) in [7, 11) is 0. The molecule has 1 N–H and O–H groups in total. The largest absolute Gasteiger partial charge is 0.481 e. The zero-order valence-electron chi connectivity index (χ0n) is 18.3. The summed E-state index contributed by atoms with van der Waals surface area (Å²) in [5.74, 6) is -0.970. The first-order chi connectivity index (χ1) is 15.7. The molecule has 3 aromatic rings. The number of aromatic nitrogens is 1. The second-order valence-corrected chi connectivity index (χ2v) is 9.69. The topological polar surface area (TPSA) is 70.5 Å². The molecule has 5 nitrogen and oxygen atoms in total. The number of aryl methyl sites for hydroxylation is 1. The Morgan fingerprint density at radius 2 is 1.82 bits per heavy atom. The van der Waals surface area contributed by atoms with Crippen LogP contribution in [0.15, 0.2) is 66.9 Å². The number of carboxylic acid groups (broad SMARTS) is 1. The van der Waals surface area contributed by atoms with E-state index >= 15 is 0 Å². The quantitative estimate of drug-likeness (QED) is 0.454. The van der Waals surface area contributed by atoms with Crippen LogP contribution < -0.4 is 4.90 Å². The van der Waals surface area contributed by atoms with Crippen LogP contribution in [-0.4, -0.2) is 22.0 Å². The molecule has 1 fully saturated rings. The van der Waals surface area contributed by atoms with Crippen LogP contribution in [0.2, 0.25) is 10.0 Å². The fraction of sp³-hybridized carbons (Fsp3) is 0.269. The van der Waals surface area contributed by atoms with Gasteiger partial charge in [-0.1, -0.05) is 60.5 Å². The van der Waals surface area contributed by atoms with Gasteiger partial charge >= 0.3 is 5.97 Å². The second kappa shape index (κ2) is 9.16. The van der Waals surface area contributed by atoms with Crippen molar-refractivity contribution in [2.75, 3.05) is 4.90 Å². The minimum Gasteiger partial charge on any atom is -0.481 e. The Morgan fingerprint density at radius 1 is 1.09 bits per heavy atom. The molecule has 0 aliphatic carbocycles. The Morgan fingerprint density at radius 3 is 2.45 bits per heavy atom. The number of hydrogen-bond donors (Lipinski definition) is 1. The number of pyridine rings is 1. The first kappa shape index (κ1) is 23.3. The molecule has 7 heteroatoms. The SMILES string of the molecule is Cc1cccnc1N1C(=O)[C@@](C)(CC(=O)O)C[C@H](c2cccc(Cl)c2)C1c1ccc(Cl)cc1. The second-order valence-electron chi connectivity index (χ2n) is 8.81. The van der Waals surface area contributed by atoms with Crippen molar-refractivity contribution in [3.8, 4) is 0 Å². The number of rotatable bonds is 5. The van der Waals surface area contributed by atoms with Gasteiger partial charge < -0.3 is 5.11 Å². The summed E-state index contributed by atoms with van der Waals surface area (Å²) in [5, 5.41) is 10.8. The van der Waals surface area contributed by atoms with Crippen molar-refractivity contribution in [3.05, 3.63) is 93.6 Å². The van der Waals surface area contributed by atoms with E-state index < -0.39 is 17.4 Å². The first-order valence-corrected chi connectivity index (χ1v) is 11.4. The lowest BCUT2D eigenvalue weighted by Crippen LogP contribution is -2.53. The van der Waals surface area contributed by atoms with Crippen LogP contribution in [0.3, 0.4) is 0 Å². The highest BCUT2D eigenvalue weighted by Crippen LogP contribution is 2.52. The molecule has 1 saturated heterocycles. The zero-order chi connectivity index (χ0) is 23.8. The van der Waals surface area contributed by atoms with Crippen LogP contribution in [0.4, 0.5) is 5.82 Å². The fourth-order valence-corrected chi connectivity index (χ4v) is 5.12. The lowest BCUT2D eigenvalue weighted by atomic mass is 9.67. The standard InChI is InChI=1S/C26H24Cl2N2O3/c1-16-5-4-12-29-24(16)30-23(17-8-10-19(27)11-9-17)21(18-6-3-7-20(28)13-18)14-26(2,25(30)33)15-22(31)32/h3-13,21,23H,14-15H2,1-2H3,(H,31,32)/t21-,23?,26-/m1/s1. The number of benzene rings is 2. The lowest BCUT2D eigenvalue weighted by molar-refractivity contribution is -0.145. The van der Waals surface area contributed by atoms with Gasteiger partial charge in [0.05, 0.1) is 17.9 Å². The summed E-state index contributed by atoms with van der Waals surface area (Å²) >= 11 is 12.5. The maximum Gasteiger partial charge on any atom is 0.304 e. The first-order valence-electron chi connectivity index (χ1n) is 10.7. The number of carboxylic acids is 1. The number of nitrogens with zero attached hydrogens (tertiary/aromatic N) is 2. The van der Waals surface area contributed by atoms with E-state index in [0.29, 0.717) is 22.3 Å². The van der Waals surface area contributed by atoms with Crippen molar-refractivity contribution in [2.24, 2.45) is 5.41 Å². The lowest BCUT2D eigenvalue weighted by Gasteiger charge is -2.48. The molecule has 0 radical (unpaired) electrons. The zero-order valence-corrected chi connectivity index (χ0v) is 19.8. The highest BCUT2D eigenvalue weighted by Gasteiger charge is 2.51. The fourth-order valence-electron chi connectivity index (χ4n) is 4.80. The highest BCUT2D eigenvalue weighted by molar-refractivity contribution is 6.30. The van der Waals surface area contributed by atoms with Gasteiger partial charge in [-0.2, -0.15) is 0 Å². The summed E-state index contributed by atoms with van der Waals surface area (Å²) in [6.07, 6.45) is 1.72. The van der Waals surface area contributed by atoms with Gasteiger partial charge in [0.15, 0.2) is 0 Å². The number of piperidine rings is 1. The van der Waals surface area contributed by atoms with E-state index in [4.69, 9.17) is 23.2 Å². The third-order valence-electron chi connectivity index (χ3n) is 6.30. The summed E-state index contributed by atoms with van der Waals surface area (Å²) < 4.78 is 0. The van der Waals surface area contributed by atoms with Crippen LogP contribution in [0.25, 0.3) is 0 Å². The molecule has 1 aromatic heterocycles. The van der Waals surface area contributed by atoms with Crippen LogP contribution in [0, 0.1) is 12.3 Å². The van der Waals surface area contributed by atoms with Gasteiger partial charge in [-0.3, -0.25) is 14.5 Å². The molecule has 1 unspecified atom stereocenters. The number of anilines is 1. The minimum atomic E-state index is -1.12. The summed E-state index contributed by atoms with van der Waals surface area (Å²) in [4.78, 5) is 32.0. The highest BCUT2D eigenvalue weighted by atomic mass is 35.5. The van der Waals surface area contributed by atoms with Gasteiger partial charge in [-0.05, 0) is 60.4 Å². The van der Waals surface area contributed by atoms with Crippen molar-refractivity contribution < 1.29 is 14.7 Å². The Bertz CT molecular complexity index is 1200. The Kier molecular flexibility index (Phi) is 6.46. The molecular weight excluding hydrogens is 459 g/mol. The summed E-state index contributed by atoms with van der Waals surface area (Å²) in [6.45, 7) is 3.62. The number of hydrogen-bond acceptors (Lipinski definition) is 3. The monoisotopic (exact) mass is 482 g/mol. The Hall–Kier alpha value is -2.89. The van der Waals surface area contributed by atoms with Gasteiger partial charge in [-0.25, -0.2) is 4.98 Å². The number of halogens is 2. The van der Waals surface area contributed by atoms with Gasteiger partial charge in [-0.15, -0.1) is 0 Å². The van der Waals surface area contributed by atoms with E-state index in [0.717, 1.165) is 16.7 Å². The van der Waals surface area contributed by atoms with Crippen LogP contribution >= 0.6 is 23.2 Å². The van der Waals surface area contributed by atoms with Crippen LogP contribution in [0.1, 0.15) is 48.4 Å². The molecule has 2 heterocycles. The molecule has 3 atom stereocenters. The molecule has 170 valence electrons. The summed E-state index contributed by atoms with van der Waals surface area (Å²) in [6, 6.07) is 18.2. The average Bonchev–Trinajstić information content (AvgIpc) is 2.76. The van der Waals surface area contributed by atoms with Gasteiger partial charge in [0.1, 0.15) is 5.82 Å². The van der Waals surface area contributed by atoms with Gasteiger partial charge in [0.25, 0.3) is 0 Å². The van der Waals surface area contributed by atoms with Crippen molar-refractivity contribution in [3.63, 3.8) is 0 Å². The van der Waals surface area contributed by atoms with Gasteiger partial charge in [0, 0.05) is 22.2 Å². The number of amides is 1. The normalized spacial score (nSPS) is 22.9. The van der Waals surface area contributed by atoms with E-state index in [2.05, 4.69) is 4.98 Å². The molecule has 1 aliphatic rings. The molecule has 0 saturated carbocycles. The smallest absolute Gasteiger partial charge is 0.304 e. The van der Waals surface area contributed by atoms with Crippen LogP contribution in [0.5, 0.6) is 0 Å². The molecule has 2 aromatic carbocycles. The van der Waals surface area contributed by atoms with E-state index in [1.54, 1.807) is 36.2 Å². The summed E-state index contributed by atoms with van der Waals surface area (Å²) in [5.41, 5.74) is 1.53. The molecule has 1 amide bonds. The number of carbonyl (C=O) groups excluding carboxylic acids is 1. The van der Waals surface area contributed by atoms with E-state index in [1.165, 1.54) is 0 Å². The van der Waals surface area contributed by atoms with Crippen LogP contribution in [-0.2, 0) is 9.59 Å². The minimum absolute atomic E-state index is 0.215. The molecule has 1 aliphatic heterocycles. The van der Waals surface area contributed by atoms with Gasteiger partial charge in [0.2, 0.25) is 5.91 Å². The van der Waals surface area contributed by atoms with E-state index in [9.17, 15) is 14.7 Å². The Labute approximate surface area is 203 Å². The maximum atomic E-state index is 14.0. The Balaban J connectivity index is 1.97. The molecule has 4 rings (SSSR count). The van der Waals surface area contributed by atoms with E-state index in [1.807, 2.05) is 49.4 Å². The molecular formula is C26H24Cl2N2O3. The number of carbonyl (C=O) groups is 2. The molecule has 0 spiro atoms. The van der Waals surface area contributed by atoms with Crippen molar-refractivity contribution >= 4 is 40.9 Å².